The number of aliphatic hydroxyl groups is 2. The summed E-state index contributed by atoms with van der Waals surface area (Å²) in [5, 5.41) is 22.4. The summed E-state index contributed by atoms with van der Waals surface area (Å²) in [6, 6.07) is 0. The normalized spacial score (nSPS) is 40.8. The van der Waals surface area contributed by atoms with Crippen molar-refractivity contribution in [3.8, 4) is 0 Å². The van der Waals surface area contributed by atoms with Crippen molar-refractivity contribution in [2.24, 2.45) is 22.2 Å². The summed E-state index contributed by atoms with van der Waals surface area (Å²) in [4.78, 5) is 17.3. The van der Waals surface area contributed by atoms with Crippen molar-refractivity contribution in [2.75, 3.05) is 6.54 Å². The van der Waals surface area contributed by atoms with Crippen LogP contribution >= 0.6 is 0 Å². The number of hydrogen-bond donors (Lipinski definition) is 2. The number of hydrogen-bond acceptors (Lipinski definition) is 6. The number of rotatable bonds is 1. The van der Waals surface area contributed by atoms with Crippen LogP contribution in [0.2, 0.25) is 0 Å². The van der Waals surface area contributed by atoms with E-state index in [1.165, 1.54) is 16.9 Å². The molecular weight excluding hydrogens is 478 g/mol. The molecule has 1 aliphatic carbocycles. The molecule has 6 heteroatoms. The second-order valence-electron chi connectivity index (χ2n) is 12.5. The minimum absolute atomic E-state index is 0.0613. The summed E-state index contributed by atoms with van der Waals surface area (Å²) in [5.41, 5.74) is 5.86. The summed E-state index contributed by atoms with van der Waals surface area (Å²) in [7, 11) is 0. The molecule has 38 heavy (non-hydrogen) atoms. The molecule has 4 aliphatic heterocycles. The van der Waals surface area contributed by atoms with Crippen molar-refractivity contribution in [1.82, 2.24) is 0 Å². The van der Waals surface area contributed by atoms with Gasteiger partial charge in [-0.25, -0.2) is 4.79 Å². The van der Waals surface area contributed by atoms with E-state index in [2.05, 4.69) is 26.5 Å². The Morgan fingerprint density at radius 1 is 1.05 bits per heavy atom. The van der Waals surface area contributed by atoms with Gasteiger partial charge in [-0.3, -0.25) is 4.99 Å². The highest BCUT2D eigenvalue weighted by Gasteiger charge is 2.48. The minimum atomic E-state index is -0.629. The zero-order chi connectivity index (χ0) is 27.2. The van der Waals surface area contributed by atoms with Gasteiger partial charge in [0.05, 0.1) is 24.4 Å². The number of cyclic esters (lactones) is 1. The van der Waals surface area contributed by atoms with Gasteiger partial charge in [-0.2, -0.15) is 0 Å². The van der Waals surface area contributed by atoms with Crippen LogP contribution in [0.1, 0.15) is 85.5 Å². The summed E-state index contributed by atoms with van der Waals surface area (Å²) in [6.45, 7) is 13.3. The van der Waals surface area contributed by atoms with Crippen molar-refractivity contribution in [3.63, 3.8) is 0 Å². The molecule has 4 heterocycles. The average Bonchev–Trinajstić information content (AvgIpc) is 3.43. The summed E-state index contributed by atoms with van der Waals surface area (Å²) in [5.74, 6) is 0.129. The Kier molecular flexibility index (Phi) is 7.87. The molecule has 8 atom stereocenters. The van der Waals surface area contributed by atoms with Gasteiger partial charge in [-0.1, -0.05) is 25.2 Å². The Morgan fingerprint density at radius 2 is 1.84 bits per heavy atom. The molecule has 5 aliphatic rings. The Bertz CT molecular complexity index is 1100. The summed E-state index contributed by atoms with van der Waals surface area (Å²) >= 11 is 0. The molecule has 0 aromatic rings. The van der Waals surface area contributed by atoms with E-state index in [1.807, 2.05) is 19.9 Å². The predicted octanol–water partition coefficient (Wildman–Crippen LogP) is 5.40. The number of esters is 1. The van der Waals surface area contributed by atoms with E-state index < -0.39 is 12.2 Å². The number of aliphatic hydroxyl groups excluding tert-OH is 2. The molecule has 0 radical (unpaired) electrons. The van der Waals surface area contributed by atoms with E-state index >= 15 is 0 Å². The minimum Gasteiger partial charge on any atom is -0.450 e. The molecule has 5 rings (SSSR count). The quantitative estimate of drug-likeness (QED) is 0.355. The van der Waals surface area contributed by atoms with Crippen molar-refractivity contribution in [1.29, 1.82) is 0 Å². The number of carbonyl (C=O) groups excluding carboxylic acids is 1. The van der Waals surface area contributed by atoms with Crippen molar-refractivity contribution in [3.05, 3.63) is 46.6 Å². The van der Waals surface area contributed by atoms with Crippen LogP contribution in [-0.2, 0) is 14.3 Å². The molecule has 6 nitrogen and oxygen atoms in total. The SMILES string of the molecule is C=C1[C@H](O)CCC2=NCCC[C@@]23CCC([C@@H]2C=C(C)C(=O)O2)=C(C)[C@@H]3C=C(C)[C@@H](O)CC[C@@H]2C[C@@H](C)[C@H]1O2. The first-order chi connectivity index (χ1) is 18.1. The Labute approximate surface area is 227 Å². The number of fused-ring (bicyclic) bond motifs is 2. The van der Waals surface area contributed by atoms with Gasteiger partial charge in [0.15, 0.2) is 0 Å². The van der Waals surface area contributed by atoms with E-state index in [1.54, 1.807) is 0 Å². The average molecular weight is 524 g/mol. The first-order valence-electron chi connectivity index (χ1n) is 14.6. The maximum atomic E-state index is 12.2. The number of ether oxygens (including phenoxy) is 2. The monoisotopic (exact) mass is 523 g/mol. The van der Waals surface area contributed by atoms with Gasteiger partial charge in [0.2, 0.25) is 0 Å². The first kappa shape index (κ1) is 27.5. The van der Waals surface area contributed by atoms with Crippen LogP contribution in [0, 0.1) is 17.3 Å². The Hall–Kier alpha value is -2.02. The summed E-state index contributed by atoms with van der Waals surface area (Å²) < 4.78 is 12.1. The van der Waals surface area contributed by atoms with Gasteiger partial charge in [0.25, 0.3) is 0 Å². The molecule has 0 amide bonds. The van der Waals surface area contributed by atoms with Crippen LogP contribution < -0.4 is 0 Å². The number of nitrogens with zero attached hydrogens (tertiary/aromatic N) is 1. The third kappa shape index (κ3) is 5.00. The summed E-state index contributed by atoms with van der Waals surface area (Å²) in [6.07, 6.45) is 10.2. The second kappa shape index (κ2) is 10.9. The Morgan fingerprint density at radius 3 is 2.58 bits per heavy atom. The largest absolute Gasteiger partial charge is 0.450 e. The lowest BCUT2D eigenvalue weighted by molar-refractivity contribution is -0.138. The topological polar surface area (TPSA) is 88.4 Å². The fourth-order valence-corrected chi connectivity index (χ4v) is 7.70. The molecule has 2 N–H and O–H groups in total. The maximum Gasteiger partial charge on any atom is 0.334 e. The van der Waals surface area contributed by atoms with E-state index in [0.717, 1.165) is 62.6 Å². The lowest BCUT2D eigenvalue weighted by Gasteiger charge is -2.48. The lowest BCUT2D eigenvalue weighted by Crippen LogP contribution is -2.45. The first-order valence-corrected chi connectivity index (χ1v) is 14.6. The van der Waals surface area contributed by atoms with E-state index in [-0.39, 0.29) is 35.6 Å². The van der Waals surface area contributed by atoms with Crippen LogP contribution in [0.3, 0.4) is 0 Å². The van der Waals surface area contributed by atoms with Gasteiger partial charge in [-0.15, -0.1) is 0 Å². The zero-order valence-electron chi connectivity index (χ0n) is 23.5. The van der Waals surface area contributed by atoms with Crippen molar-refractivity contribution >= 4 is 11.7 Å². The zero-order valence-corrected chi connectivity index (χ0v) is 23.5. The second-order valence-corrected chi connectivity index (χ2v) is 12.5. The highest BCUT2D eigenvalue weighted by Crippen LogP contribution is 2.53. The van der Waals surface area contributed by atoms with E-state index in [9.17, 15) is 15.0 Å². The molecular formula is C32H45NO5. The van der Waals surface area contributed by atoms with Crippen LogP contribution in [0.5, 0.6) is 0 Å². The molecule has 1 fully saturated rings. The van der Waals surface area contributed by atoms with E-state index in [0.29, 0.717) is 24.3 Å². The molecule has 208 valence electrons. The third-order valence-corrected chi connectivity index (χ3v) is 10.0. The van der Waals surface area contributed by atoms with Crippen LogP contribution in [0.25, 0.3) is 0 Å². The van der Waals surface area contributed by atoms with Crippen LogP contribution in [-0.4, -0.2) is 59.0 Å². The maximum absolute atomic E-state index is 12.2. The smallest absolute Gasteiger partial charge is 0.334 e. The molecule has 0 saturated carbocycles. The van der Waals surface area contributed by atoms with E-state index in [4.69, 9.17) is 14.5 Å². The van der Waals surface area contributed by atoms with Gasteiger partial charge < -0.3 is 19.7 Å². The van der Waals surface area contributed by atoms with Gasteiger partial charge in [-0.05, 0) is 107 Å². The fraction of sp³-hybridized carbons (Fsp3) is 0.688. The fourth-order valence-electron chi connectivity index (χ4n) is 7.70. The number of aliphatic imine (C=N–C) groups is 1. The van der Waals surface area contributed by atoms with Crippen LogP contribution in [0.4, 0.5) is 0 Å². The molecule has 0 aromatic heterocycles. The third-order valence-electron chi connectivity index (χ3n) is 10.0. The lowest BCUT2D eigenvalue weighted by atomic mass is 9.57. The van der Waals surface area contributed by atoms with Crippen LogP contribution in [0.15, 0.2) is 51.6 Å². The van der Waals surface area contributed by atoms with Crippen molar-refractivity contribution in [2.45, 2.75) is 116 Å². The standard InChI is InChI=1S/C32H45NO5/c1-18-16-25-21(4)24(28-17-20(3)31(36)38-28)11-13-32(25)12-6-14-33-29(32)10-9-27(35)22(5)30-19(2)15-23(37-30)7-8-26(18)34/h16-17,19,23,25-28,30,34-35H,5-15H2,1-4H3/t19-,23-,25+,26+,27-,28+,30-,32+/m1/s1. The number of allylic oxidation sites excluding steroid dienone is 2. The highest BCUT2D eigenvalue weighted by molar-refractivity contribution is 5.93. The predicted molar refractivity (Wildman–Crippen MR) is 149 cm³/mol. The molecule has 0 aromatic carbocycles. The molecule has 0 unspecified atom stereocenters. The molecule has 1 spiro atoms. The van der Waals surface area contributed by atoms with Gasteiger partial charge in [0, 0.05) is 29.2 Å². The highest BCUT2D eigenvalue weighted by atomic mass is 16.5. The number of carbonyl (C=O) groups is 1. The van der Waals surface area contributed by atoms with Gasteiger partial charge >= 0.3 is 5.97 Å². The molecule has 2 bridgehead atoms. The molecule has 1 saturated heterocycles. The van der Waals surface area contributed by atoms with Crippen molar-refractivity contribution < 1.29 is 24.5 Å². The Balaban J connectivity index is 1.55. The van der Waals surface area contributed by atoms with Gasteiger partial charge in [0.1, 0.15) is 6.10 Å².